The van der Waals surface area contributed by atoms with Gasteiger partial charge in [-0.3, -0.25) is 14.8 Å². The molecule has 6 nitrogen and oxygen atoms in total. The Kier molecular flexibility index (Phi) is 5.36. The molecule has 1 fully saturated rings. The summed E-state index contributed by atoms with van der Waals surface area (Å²) in [7, 11) is 5.36. The maximum Gasteiger partial charge on any atom is 0.222 e. The first kappa shape index (κ1) is 16.0. The Balaban J connectivity index is 1.93. The van der Waals surface area contributed by atoms with Crippen molar-refractivity contribution in [2.24, 2.45) is 0 Å². The van der Waals surface area contributed by atoms with Crippen molar-refractivity contribution in [1.29, 1.82) is 0 Å². The lowest BCUT2D eigenvalue weighted by atomic mass is 9.87. The van der Waals surface area contributed by atoms with E-state index in [0.29, 0.717) is 6.42 Å². The van der Waals surface area contributed by atoms with E-state index in [2.05, 4.69) is 15.1 Å². The highest BCUT2D eigenvalue weighted by Gasteiger charge is 2.35. The summed E-state index contributed by atoms with van der Waals surface area (Å²) in [5.41, 5.74) is 0.912. The molecular formula is C15H26N4O2. The number of hydrogen-bond acceptors (Lipinski definition) is 4. The van der Waals surface area contributed by atoms with E-state index in [1.54, 1.807) is 32.3 Å². The Morgan fingerprint density at radius 1 is 1.57 bits per heavy atom. The number of aromatic nitrogens is 2. The molecule has 2 heterocycles. The van der Waals surface area contributed by atoms with Gasteiger partial charge in [0.05, 0.1) is 5.60 Å². The first-order chi connectivity index (χ1) is 10.0. The molecule has 118 valence electrons. The van der Waals surface area contributed by atoms with Crippen LogP contribution < -0.4 is 0 Å². The molecule has 0 aromatic carbocycles. The number of carbonyl (C=O) groups is 1. The normalized spacial score (nSPS) is 23.2. The van der Waals surface area contributed by atoms with Crippen molar-refractivity contribution in [3.63, 3.8) is 0 Å². The van der Waals surface area contributed by atoms with Gasteiger partial charge < -0.3 is 9.64 Å². The topological polar surface area (TPSA) is 61.5 Å². The van der Waals surface area contributed by atoms with E-state index in [1.165, 1.54) is 0 Å². The molecule has 0 radical (unpaired) electrons. The minimum Gasteiger partial charge on any atom is -0.377 e. The predicted molar refractivity (Wildman–Crippen MR) is 80.8 cm³/mol. The van der Waals surface area contributed by atoms with Gasteiger partial charge in [-0.25, -0.2) is 0 Å². The first-order valence-corrected chi connectivity index (χ1v) is 7.50. The van der Waals surface area contributed by atoms with Crippen molar-refractivity contribution in [1.82, 2.24) is 20.0 Å². The maximum atomic E-state index is 11.8. The second-order valence-electron chi connectivity index (χ2n) is 6.07. The third kappa shape index (κ3) is 4.28. The number of nitrogens with one attached hydrogen (secondary N) is 1. The van der Waals surface area contributed by atoms with E-state index in [-0.39, 0.29) is 11.5 Å². The van der Waals surface area contributed by atoms with E-state index in [0.717, 1.165) is 44.6 Å². The SMILES string of the molecule is COC1(CCC(=O)N(C)C)CCCN(Cc2ccn[nH]2)C1. The van der Waals surface area contributed by atoms with E-state index in [9.17, 15) is 4.79 Å². The molecule has 21 heavy (non-hydrogen) atoms. The van der Waals surface area contributed by atoms with Crippen LogP contribution in [0.4, 0.5) is 0 Å². The third-order valence-corrected chi connectivity index (χ3v) is 4.30. The number of rotatable bonds is 6. The van der Waals surface area contributed by atoms with Crippen LogP contribution in [0.1, 0.15) is 31.4 Å². The van der Waals surface area contributed by atoms with Crippen LogP contribution in [0.5, 0.6) is 0 Å². The molecule has 1 N–H and O–H groups in total. The number of carbonyl (C=O) groups excluding carboxylic acids is 1. The molecule has 6 heteroatoms. The Labute approximate surface area is 126 Å². The maximum absolute atomic E-state index is 11.8. The molecule has 1 atom stereocenters. The highest BCUT2D eigenvalue weighted by molar-refractivity contribution is 5.75. The molecule has 1 saturated heterocycles. The molecule has 0 spiro atoms. The number of methoxy groups -OCH3 is 1. The lowest BCUT2D eigenvalue weighted by Crippen LogP contribution is -2.49. The number of amides is 1. The highest BCUT2D eigenvalue weighted by atomic mass is 16.5. The smallest absolute Gasteiger partial charge is 0.222 e. The van der Waals surface area contributed by atoms with Crippen molar-refractivity contribution in [2.45, 2.75) is 37.8 Å². The summed E-state index contributed by atoms with van der Waals surface area (Å²) in [6.45, 7) is 2.78. The summed E-state index contributed by atoms with van der Waals surface area (Å²) in [6.07, 6.45) is 5.21. The van der Waals surface area contributed by atoms with Gasteiger partial charge in [-0.2, -0.15) is 5.10 Å². The fourth-order valence-electron chi connectivity index (χ4n) is 2.97. The Hall–Kier alpha value is -1.40. The second kappa shape index (κ2) is 7.04. The van der Waals surface area contributed by atoms with Gasteiger partial charge in [0.2, 0.25) is 5.91 Å². The number of likely N-dealkylation sites (tertiary alicyclic amines) is 1. The Morgan fingerprint density at radius 2 is 2.38 bits per heavy atom. The van der Waals surface area contributed by atoms with E-state index < -0.39 is 0 Å². The molecular weight excluding hydrogens is 268 g/mol. The molecule has 1 aliphatic rings. The summed E-state index contributed by atoms with van der Waals surface area (Å²) in [5.74, 6) is 0.164. The minimum atomic E-state index is -0.204. The molecule has 1 amide bonds. The predicted octanol–water partition coefficient (Wildman–Crippen LogP) is 1.26. The van der Waals surface area contributed by atoms with Crippen LogP contribution in [0.15, 0.2) is 12.3 Å². The van der Waals surface area contributed by atoms with Crippen molar-refractivity contribution >= 4 is 5.91 Å². The zero-order valence-corrected chi connectivity index (χ0v) is 13.3. The van der Waals surface area contributed by atoms with E-state index in [4.69, 9.17) is 4.74 Å². The van der Waals surface area contributed by atoms with Gasteiger partial charge >= 0.3 is 0 Å². The van der Waals surface area contributed by atoms with Crippen molar-refractivity contribution in [3.8, 4) is 0 Å². The van der Waals surface area contributed by atoms with Gasteiger partial charge in [0.25, 0.3) is 0 Å². The molecule has 0 aliphatic carbocycles. The molecule has 1 aromatic heterocycles. The molecule has 0 bridgehead atoms. The van der Waals surface area contributed by atoms with E-state index in [1.807, 2.05) is 6.07 Å². The first-order valence-electron chi connectivity index (χ1n) is 7.50. The summed E-state index contributed by atoms with van der Waals surface area (Å²) in [5, 5.41) is 6.99. The summed E-state index contributed by atoms with van der Waals surface area (Å²) in [4.78, 5) is 15.8. The summed E-state index contributed by atoms with van der Waals surface area (Å²) in [6, 6.07) is 2.00. The number of H-pyrrole nitrogens is 1. The quantitative estimate of drug-likeness (QED) is 0.858. The zero-order chi connectivity index (χ0) is 15.3. The average Bonchev–Trinajstić information content (AvgIpc) is 2.98. The second-order valence-corrected chi connectivity index (χ2v) is 6.07. The van der Waals surface area contributed by atoms with Crippen LogP contribution in [-0.4, -0.2) is 65.8 Å². The van der Waals surface area contributed by atoms with E-state index >= 15 is 0 Å². The standard InChI is InChI=1S/C15H26N4O2/c1-18(2)14(20)5-8-15(21-3)7-4-10-19(12-15)11-13-6-9-16-17-13/h6,9H,4-5,7-8,10-12H2,1-3H3,(H,16,17). The fraction of sp³-hybridized carbons (Fsp3) is 0.733. The lowest BCUT2D eigenvalue weighted by molar-refractivity contribution is -0.132. The fourth-order valence-corrected chi connectivity index (χ4v) is 2.97. The zero-order valence-electron chi connectivity index (χ0n) is 13.3. The average molecular weight is 294 g/mol. The van der Waals surface area contributed by atoms with Crippen molar-refractivity contribution in [3.05, 3.63) is 18.0 Å². The number of nitrogens with zero attached hydrogens (tertiary/aromatic N) is 3. The Morgan fingerprint density at radius 3 is 3.00 bits per heavy atom. The number of ether oxygens (including phenoxy) is 1. The van der Waals surface area contributed by atoms with Gasteiger partial charge in [0.1, 0.15) is 0 Å². The number of hydrogen-bond donors (Lipinski definition) is 1. The monoisotopic (exact) mass is 294 g/mol. The molecule has 1 aromatic rings. The Bertz CT molecular complexity index is 447. The van der Waals surface area contributed by atoms with Crippen LogP contribution >= 0.6 is 0 Å². The molecule has 1 unspecified atom stereocenters. The molecule has 0 saturated carbocycles. The largest absolute Gasteiger partial charge is 0.377 e. The number of piperidine rings is 1. The van der Waals surface area contributed by atoms with Crippen molar-refractivity contribution in [2.75, 3.05) is 34.3 Å². The van der Waals surface area contributed by atoms with Gasteiger partial charge in [-0.05, 0) is 31.9 Å². The van der Waals surface area contributed by atoms with Gasteiger partial charge in [-0.1, -0.05) is 0 Å². The molecule has 2 rings (SSSR count). The van der Waals surface area contributed by atoms with Crippen LogP contribution in [0, 0.1) is 0 Å². The van der Waals surface area contributed by atoms with Crippen LogP contribution in [0.25, 0.3) is 0 Å². The van der Waals surface area contributed by atoms with Crippen LogP contribution in [-0.2, 0) is 16.1 Å². The van der Waals surface area contributed by atoms with Gasteiger partial charge in [0, 0.05) is 52.6 Å². The highest BCUT2D eigenvalue weighted by Crippen LogP contribution is 2.30. The minimum absolute atomic E-state index is 0.164. The van der Waals surface area contributed by atoms with Crippen LogP contribution in [0.3, 0.4) is 0 Å². The lowest BCUT2D eigenvalue weighted by Gasteiger charge is -2.42. The third-order valence-electron chi connectivity index (χ3n) is 4.30. The van der Waals surface area contributed by atoms with Crippen LogP contribution in [0.2, 0.25) is 0 Å². The summed E-state index contributed by atoms with van der Waals surface area (Å²) < 4.78 is 5.82. The van der Waals surface area contributed by atoms with Gasteiger partial charge in [0.15, 0.2) is 0 Å². The van der Waals surface area contributed by atoms with Crippen molar-refractivity contribution < 1.29 is 9.53 Å². The summed E-state index contributed by atoms with van der Waals surface area (Å²) >= 11 is 0. The van der Waals surface area contributed by atoms with Gasteiger partial charge in [-0.15, -0.1) is 0 Å². The number of aromatic amines is 1. The molecule has 1 aliphatic heterocycles.